The number of amidine groups is 1. The Kier molecular flexibility index (Phi) is 2.40. The van der Waals surface area contributed by atoms with E-state index in [4.69, 9.17) is 5.41 Å². The maximum absolute atomic E-state index is 12.0. The van der Waals surface area contributed by atoms with Crippen molar-refractivity contribution >= 4 is 11.9 Å². The molecule has 0 bridgehead atoms. The van der Waals surface area contributed by atoms with Crippen molar-refractivity contribution in [2.24, 2.45) is 5.92 Å². The Balaban J connectivity index is 1.89. The van der Waals surface area contributed by atoms with E-state index in [9.17, 15) is 4.79 Å². The zero-order chi connectivity index (χ0) is 12.8. The maximum atomic E-state index is 12.0. The van der Waals surface area contributed by atoms with Crippen LogP contribution in [0.3, 0.4) is 0 Å². The number of hydrogen-bond acceptors (Lipinski definition) is 2. The van der Waals surface area contributed by atoms with E-state index in [1.165, 1.54) is 0 Å². The summed E-state index contributed by atoms with van der Waals surface area (Å²) in [7, 11) is 0. The maximum Gasteiger partial charge on any atom is 0.323 e. The van der Waals surface area contributed by atoms with Crippen LogP contribution in [0.25, 0.3) is 0 Å². The summed E-state index contributed by atoms with van der Waals surface area (Å²) in [6.45, 7) is 2.58. The van der Waals surface area contributed by atoms with E-state index in [-0.39, 0.29) is 6.03 Å². The Morgan fingerprint density at radius 3 is 2.67 bits per heavy atom. The highest BCUT2D eigenvalue weighted by Crippen LogP contribution is 2.45. The predicted molar refractivity (Wildman–Crippen MR) is 69.4 cm³/mol. The van der Waals surface area contributed by atoms with Crippen molar-refractivity contribution < 1.29 is 4.79 Å². The third-order valence-corrected chi connectivity index (χ3v) is 4.10. The molecule has 1 aromatic carbocycles. The lowest BCUT2D eigenvalue weighted by Gasteiger charge is -2.33. The number of benzene rings is 1. The molecule has 1 atom stereocenters. The molecule has 3 rings (SSSR count). The van der Waals surface area contributed by atoms with Gasteiger partial charge in [0.25, 0.3) is 0 Å². The third kappa shape index (κ3) is 1.60. The Labute approximate surface area is 106 Å². The molecular weight excluding hydrogens is 226 g/mol. The molecule has 1 unspecified atom stereocenters. The summed E-state index contributed by atoms with van der Waals surface area (Å²) >= 11 is 0. The molecule has 1 aliphatic heterocycles. The van der Waals surface area contributed by atoms with E-state index in [0.29, 0.717) is 18.3 Å². The van der Waals surface area contributed by atoms with E-state index < -0.39 is 5.54 Å². The van der Waals surface area contributed by atoms with Gasteiger partial charge in [-0.25, -0.2) is 4.79 Å². The minimum atomic E-state index is -0.438. The molecule has 4 heteroatoms. The van der Waals surface area contributed by atoms with Gasteiger partial charge >= 0.3 is 6.03 Å². The molecular formula is C14H17N3O. The van der Waals surface area contributed by atoms with Crippen molar-refractivity contribution in [3.63, 3.8) is 0 Å². The fourth-order valence-electron chi connectivity index (χ4n) is 2.72. The van der Waals surface area contributed by atoms with Gasteiger partial charge in [0.05, 0.1) is 0 Å². The number of amides is 2. The normalized spacial score (nSPS) is 27.5. The van der Waals surface area contributed by atoms with Gasteiger partial charge < -0.3 is 4.90 Å². The lowest BCUT2D eigenvalue weighted by Crippen LogP contribution is -2.48. The average molecular weight is 243 g/mol. The summed E-state index contributed by atoms with van der Waals surface area (Å²) in [5.74, 6) is 0.790. The highest BCUT2D eigenvalue weighted by Gasteiger charge is 2.55. The predicted octanol–water partition coefficient (Wildman–Crippen LogP) is 2.36. The molecule has 1 saturated heterocycles. The summed E-state index contributed by atoms with van der Waals surface area (Å²) < 4.78 is 0. The first-order valence-corrected chi connectivity index (χ1v) is 6.34. The molecule has 0 radical (unpaired) electrons. The van der Waals surface area contributed by atoms with Crippen molar-refractivity contribution in [3.05, 3.63) is 35.9 Å². The Morgan fingerprint density at radius 1 is 1.39 bits per heavy atom. The van der Waals surface area contributed by atoms with Crippen molar-refractivity contribution in [2.75, 3.05) is 0 Å². The summed E-state index contributed by atoms with van der Waals surface area (Å²) in [4.78, 5) is 13.8. The highest BCUT2D eigenvalue weighted by atomic mass is 16.2. The minimum Gasteiger partial charge on any atom is -0.307 e. The molecule has 1 saturated carbocycles. The molecule has 1 heterocycles. The van der Waals surface area contributed by atoms with Crippen LogP contribution in [0.5, 0.6) is 0 Å². The molecule has 0 spiro atoms. The minimum absolute atomic E-state index is 0.141. The van der Waals surface area contributed by atoms with Crippen LogP contribution in [0.4, 0.5) is 4.79 Å². The molecule has 1 aliphatic carbocycles. The van der Waals surface area contributed by atoms with Crippen LogP contribution in [-0.4, -0.2) is 22.3 Å². The number of rotatable bonds is 3. The largest absolute Gasteiger partial charge is 0.323 e. The number of urea groups is 1. The zero-order valence-corrected chi connectivity index (χ0v) is 10.4. The Morgan fingerprint density at radius 2 is 2.06 bits per heavy atom. The third-order valence-electron chi connectivity index (χ3n) is 4.10. The number of carbonyl (C=O) groups excluding carboxylic acids is 1. The first kappa shape index (κ1) is 11.3. The highest BCUT2D eigenvalue weighted by molar-refractivity contribution is 6.08. The lowest BCUT2D eigenvalue weighted by atomic mass is 9.93. The average Bonchev–Trinajstić information content (AvgIpc) is 3.17. The first-order valence-electron chi connectivity index (χ1n) is 6.34. The molecule has 2 fully saturated rings. The number of hydrogen-bond donors (Lipinski definition) is 2. The van der Waals surface area contributed by atoms with Gasteiger partial charge in [-0.3, -0.25) is 10.7 Å². The topological polar surface area (TPSA) is 56.2 Å². The fraction of sp³-hybridized carbons (Fsp3) is 0.429. The standard InChI is InChI=1S/C14H17N3O/c1-14(11-7-8-11)12(15)16-13(18)17(14)9-10-5-3-2-4-6-10/h2-6,11H,7-9H2,1H3,(H2,15,16,18). The van der Waals surface area contributed by atoms with E-state index in [0.717, 1.165) is 18.4 Å². The van der Waals surface area contributed by atoms with Crippen molar-refractivity contribution in [1.29, 1.82) is 5.41 Å². The summed E-state index contributed by atoms with van der Waals surface area (Å²) in [5.41, 5.74) is 0.668. The smallest absolute Gasteiger partial charge is 0.307 e. The zero-order valence-electron chi connectivity index (χ0n) is 10.4. The van der Waals surface area contributed by atoms with Gasteiger partial charge in [-0.1, -0.05) is 30.3 Å². The van der Waals surface area contributed by atoms with Gasteiger partial charge in [0.15, 0.2) is 0 Å². The van der Waals surface area contributed by atoms with Crippen molar-refractivity contribution in [1.82, 2.24) is 10.2 Å². The second-order valence-electron chi connectivity index (χ2n) is 5.30. The molecule has 2 N–H and O–H groups in total. The second-order valence-corrected chi connectivity index (χ2v) is 5.30. The van der Waals surface area contributed by atoms with Crippen LogP contribution < -0.4 is 5.32 Å². The SMILES string of the molecule is CC1(C2CC2)C(=N)NC(=O)N1Cc1ccccc1. The molecule has 94 valence electrons. The van der Waals surface area contributed by atoms with Gasteiger partial charge in [-0.2, -0.15) is 0 Å². The van der Waals surface area contributed by atoms with Gasteiger partial charge in [0.1, 0.15) is 11.4 Å². The Bertz CT molecular complexity index is 495. The van der Waals surface area contributed by atoms with Gasteiger partial charge in [0.2, 0.25) is 0 Å². The molecule has 4 nitrogen and oxygen atoms in total. The lowest BCUT2D eigenvalue weighted by molar-refractivity contribution is 0.164. The monoisotopic (exact) mass is 243 g/mol. The Hall–Kier alpha value is -1.84. The molecule has 2 aliphatic rings. The molecule has 18 heavy (non-hydrogen) atoms. The number of carbonyl (C=O) groups is 1. The van der Waals surface area contributed by atoms with Crippen LogP contribution in [-0.2, 0) is 6.54 Å². The van der Waals surface area contributed by atoms with Crippen LogP contribution >= 0.6 is 0 Å². The van der Waals surface area contributed by atoms with E-state index in [1.807, 2.05) is 42.2 Å². The summed E-state index contributed by atoms with van der Waals surface area (Å²) in [6.07, 6.45) is 2.22. The molecule has 0 aromatic heterocycles. The van der Waals surface area contributed by atoms with E-state index in [2.05, 4.69) is 5.32 Å². The van der Waals surface area contributed by atoms with Gasteiger partial charge in [-0.05, 0) is 31.2 Å². The second kappa shape index (κ2) is 3.83. The summed E-state index contributed by atoms with van der Waals surface area (Å²) in [6, 6.07) is 9.81. The van der Waals surface area contributed by atoms with E-state index >= 15 is 0 Å². The molecule has 2 amide bonds. The van der Waals surface area contributed by atoms with E-state index in [1.54, 1.807) is 0 Å². The van der Waals surface area contributed by atoms with Crippen LogP contribution in [0.2, 0.25) is 0 Å². The fourth-order valence-corrected chi connectivity index (χ4v) is 2.72. The van der Waals surface area contributed by atoms with Crippen LogP contribution in [0.1, 0.15) is 25.3 Å². The van der Waals surface area contributed by atoms with Crippen LogP contribution in [0, 0.1) is 11.3 Å². The van der Waals surface area contributed by atoms with Crippen molar-refractivity contribution in [2.45, 2.75) is 31.8 Å². The summed E-state index contributed by atoms with van der Waals surface area (Å²) in [5, 5.41) is 10.7. The van der Waals surface area contributed by atoms with Crippen molar-refractivity contribution in [3.8, 4) is 0 Å². The number of nitrogens with zero attached hydrogens (tertiary/aromatic N) is 1. The van der Waals surface area contributed by atoms with Gasteiger partial charge in [-0.15, -0.1) is 0 Å². The molecule has 1 aromatic rings. The van der Waals surface area contributed by atoms with Gasteiger partial charge in [0, 0.05) is 6.54 Å². The number of nitrogens with one attached hydrogen (secondary N) is 2. The van der Waals surface area contributed by atoms with Crippen LogP contribution in [0.15, 0.2) is 30.3 Å². The quantitative estimate of drug-likeness (QED) is 0.841. The first-order chi connectivity index (χ1) is 8.62.